The number of phenolic OH excluding ortho intramolecular Hbond substituents is 1. The predicted molar refractivity (Wildman–Crippen MR) is 65.4 cm³/mol. The smallest absolute Gasteiger partial charge is 0.141 e. The summed E-state index contributed by atoms with van der Waals surface area (Å²) in [5, 5.41) is 9.16. The molecule has 0 heterocycles. The molecule has 0 saturated carbocycles. The third-order valence-corrected chi connectivity index (χ3v) is 2.67. The van der Waals surface area contributed by atoms with Gasteiger partial charge in [0.05, 0.1) is 0 Å². The van der Waals surface area contributed by atoms with Gasteiger partial charge in [-0.1, -0.05) is 39.8 Å². The van der Waals surface area contributed by atoms with Gasteiger partial charge in [-0.2, -0.15) is 0 Å². The van der Waals surface area contributed by atoms with Crippen molar-refractivity contribution in [1.82, 2.24) is 0 Å². The molecule has 1 N–H and O–H groups in total. The second-order valence-corrected chi connectivity index (χ2v) is 5.39. The third-order valence-electron chi connectivity index (χ3n) is 2.67. The molecule has 1 aromatic rings. The molecule has 0 radical (unpaired) electrons. The van der Waals surface area contributed by atoms with Gasteiger partial charge in [-0.3, -0.25) is 4.79 Å². The minimum Gasteiger partial charge on any atom is -0.508 e. The zero-order chi connectivity index (χ0) is 12.3. The summed E-state index contributed by atoms with van der Waals surface area (Å²) in [7, 11) is 0. The fraction of sp³-hybridized carbons (Fsp3) is 0.500. The zero-order valence-electron chi connectivity index (χ0n) is 10.4. The number of carbonyl (C=O) groups is 1. The number of phenols is 1. The second kappa shape index (κ2) is 4.69. The molecule has 0 spiro atoms. The van der Waals surface area contributed by atoms with Gasteiger partial charge in [0.25, 0.3) is 0 Å². The number of benzene rings is 1. The van der Waals surface area contributed by atoms with E-state index in [2.05, 4.69) is 0 Å². The molecule has 1 aromatic carbocycles. The van der Waals surface area contributed by atoms with Crippen LogP contribution in [0, 0.1) is 11.3 Å². The average molecular weight is 220 g/mol. The number of rotatable bonds is 3. The quantitative estimate of drug-likeness (QED) is 0.849. The summed E-state index contributed by atoms with van der Waals surface area (Å²) in [5.74, 6) is 0.559. The lowest BCUT2D eigenvalue weighted by Crippen LogP contribution is -2.27. The van der Waals surface area contributed by atoms with Crippen molar-refractivity contribution in [2.75, 3.05) is 0 Å². The SMILES string of the molecule is CC(Cc1ccc(O)cc1)C(=O)C(C)(C)C. The first-order valence-electron chi connectivity index (χ1n) is 5.63. The Morgan fingerprint density at radius 3 is 2.19 bits per heavy atom. The van der Waals surface area contributed by atoms with Crippen LogP contribution in [-0.2, 0) is 11.2 Å². The first-order valence-corrected chi connectivity index (χ1v) is 5.63. The van der Waals surface area contributed by atoms with Crippen LogP contribution < -0.4 is 0 Å². The van der Waals surface area contributed by atoms with Gasteiger partial charge < -0.3 is 5.11 Å². The summed E-state index contributed by atoms with van der Waals surface area (Å²) in [4.78, 5) is 12.0. The van der Waals surface area contributed by atoms with Crippen LogP contribution >= 0.6 is 0 Å². The van der Waals surface area contributed by atoms with Crippen molar-refractivity contribution in [1.29, 1.82) is 0 Å². The number of hydrogen-bond donors (Lipinski definition) is 1. The number of ketones is 1. The van der Waals surface area contributed by atoms with Crippen LogP contribution in [0.25, 0.3) is 0 Å². The number of Topliss-reactive ketones (excluding diaryl/α,β-unsaturated/α-hetero) is 1. The molecule has 0 fully saturated rings. The van der Waals surface area contributed by atoms with Crippen molar-refractivity contribution in [3.8, 4) is 5.75 Å². The first-order chi connectivity index (χ1) is 7.30. The Morgan fingerprint density at radius 1 is 1.25 bits per heavy atom. The Bertz CT molecular complexity index is 357. The molecule has 0 aliphatic carbocycles. The van der Waals surface area contributed by atoms with Crippen molar-refractivity contribution in [2.24, 2.45) is 11.3 Å². The summed E-state index contributed by atoms with van der Waals surface area (Å²) < 4.78 is 0. The van der Waals surface area contributed by atoms with Gasteiger partial charge in [-0.15, -0.1) is 0 Å². The predicted octanol–water partition coefficient (Wildman–Crippen LogP) is 3.19. The van der Waals surface area contributed by atoms with E-state index in [9.17, 15) is 4.79 Å². The van der Waals surface area contributed by atoms with Crippen LogP contribution in [0.1, 0.15) is 33.3 Å². The molecule has 1 unspecified atom stereocenters. The molecule has 0 bridgehead atoms. The number of carbonyl (C=O) groups excluding carboxylic acids is 1. The maximum absolute atomic E-state index is 12.0. The summed E-state index contributed by atoms with van der Waals surface area (Å²) in [6.07, 6.45) is 0.733. The van der Waals surface area contributed by atoms with E-state index in [4.69, 9.17) is 5.11 Å². The molecule has 0 saturated heterocycles. The van der Waals surface area contributed by atoms with Crippen LogP contribution in [0.4, 0.5) is 0 Å². The molecular formula is C14H20O2. The van der Waals surface area contributed by atoms with E-state index in [1.54, 1.807) is 12.1 Å². The van der Waals surface area contributed by atoms with Crippen molar-refractivity contribution < 1.29 is 9.90 Å². The summed E-state index contributed by atoms with van der Waals surface area (Å²) >= 11 is 0. The molecule has 0 aromatic heterocycles. The van der Waals surface area contributed by atoms with Crippen molar-refractivity contribution >= 4 is 5.78 Å². The van der Waals surface area contributed by atoms with Gasteiger partial charge in [0.2, 0.25) is 0 Å². The molecule has 0 aliphatic rings. The normalized spacial score (nSPS) is 13.5. The molecule has 0 amide bonds. The largest absolute Gasteiger partial charge is 0.508 e. The second-order valence-electron chi connectivity index (χ2n) is 5.39. The lowest BCUT2D eigenvalue weighted by atomic mass is 9.81. The van der Waals surface area contributed by atoms with Gasteiger partial charge in [0.15, 0.2) is 0 Å². The van der Waals surface area contributed by atoms with E-state index in [1.165, 1.54) is 0 Å². The molecule has 88 valence electrons. The Labute approximate surface area is 97.3 Å². The highest BCUT2D eigenvalue weighted by Gasteiger charge is 2.26. The minimum atomic E-state index is -0.281. The van der Waals surface area contributed by atoms with Crippen LogP contribution in [0.2, 0.25) is 0 Å². The van der Waals surface area contributed by atoms with Gasteiger partial charge in [-0.25, -0.2) is 0 Å². The molecule has 1 atom stereocenters. The standard InChI is InChI=1S/C14H20O2/c1-10(13(16)14(2,3)4)9-11-5-7-12(15)8-6-11/h5-8,10,15H,9H2,1-4H3. The van der Waals surface area contributed by atoms with E-state index in [0.29, 0.717) is 0 Å². The molecule has 2 nitrogen and oxygen atoms in total. The first kappa shape index (κ1) is 12.8. The number of aromatic hydroxyl groups is 1. The van der Waals surface area contributed by atoms with Gasteiger partial charge in [-0.05, 0) is 24.1 Å². The van der Waals surface area contributed by atoms with E-state index < -0.39 is 0 Å². The zero-order valence-corrected chi connectivity index (χ0v) is 10.4. The maximum atomic E-state index is 12.0. The van der Waals surface area contributed by atoms with Crippen LogP contribution in [0.15, 0.2) is 24.3 Å². The van der Waals surface area contributed by atoms with Gasteiger partial charge >= 0.3 is 0 Å². The average Bonchev–Trinajstić information content (AvgIpc) is 2.19. The fourth-order valence-corrected chi connectivity index (χ4v) is 1.82. The third kappa shape index (κ3) is 3.37. The summed E-state index contributed by atoms with van der Waals surface area (Å²) in [5.41, 5.74) is 0.805. The van der Waals surface area contributed by atoms with E-state index in [0.717, 1.165) is 12.0 Å². The molecule has 1 rings (SSSR count). The van der Waals surface area contributed by atoms with Crippen LogP contribution in [0.5, 0.6) is 5.75 Å². The van der Waals surface area contributed by atoms with Crippen LogP contribution in [-0.4, -0.2) is 10.9 Å². The fourth-order valence-electron chi connectivity index (χ4n) is 1.82. The number of hydrogen-bond acceptors (Lipinski definition) is 2. The molecule has 2 heteroatoms. The maximum Gasteiger partial charge on any atom is 0.141 e. The highest BCUT2D eigenvalue weighted by atomic mass is 16.3. The van der Waals surface area contributed by atoms with Gasteiger partial charge in [0, 0.05) is 11.3 Å². The molecule has 0 aliphatic heterocycles. The van der Waals surface area contributed by atoms with Crippen molar-refractivity contribution in [2.45, 2.75) is 34.1 Å². The lowest BCUT2D eigenvalue weighted by molar-refractivity contribution is -0.129. The molecular weight excluding hydrogens is 200 g/mol. The van der Waals surface area contributed by atoms with Crippen LogP contribution in [0.3, 0.4) is 0 Å². The Kier molecular flexibility index (Phi) is 3.74. The Balaban J connectivity index is 2.68. The highest BCUT2D eigenvalue weighted by Crippen LogP contribution is 2.23. The topological polar surface area (TPSA) is 37.3 Å². The van der Waals surface area contributed by atoms with E-state index in [1.807, 2.05) is 39.8 Å². The minimum absolute atomic E-state index is 0.0181. The van der Waals surface area contributed by atoms with E-state index >= 15 is 0 Å². The summed E-state index contributed by atoms with van der Waals surface area (Å²) in [6.45, 7) is 7.80. The Morgan fingerprint density at radius 2 is 1.75 bits per heavy atom. The summed E-state index contributed by atoms with van der Waals surface area (Å²) in [6, 6.07) is 7.04. The van der Waals surface area contributed by atoms with Gasteiger partial charge in [0.1, 0.15) is 11.5 Å². The Hall–Kier alpha value is -1.31. The highest BCUT2D eigenvalue weighted by molar-refractivity contribution is 5.85. The lowest BCUT2D eigenvalue weighted by Gasteiger charge is -2.21. The van der Waals surface area contributed by atoms with Crippen molar-refractivity contribution in [3.05, 3.63) is 29.8 Å². The molecule has 16 heavy (non-hydrogen) atoms. The monoisotopic (exact) mass is 220 g/mol. The van der Waals surface area contributed by atoms with Crippen molar-refractivity contribution in [3.63, 3.8) is 0 Å². The van der Waals surface area contributed by atoms with E-state index in [-0.39, 0.29) is 22.9 Å².